The SMILES string of the molecule is C1CCCNCC1.S. The van der Waals surface area contributed by atoms with Gasteiger partial charge in [-0.1, -0.05) is 12.8 Å². The number of hydrogen-bond acceptors (Lipinski definition) is 1. The van der Waals surface area contributed by atoms with Crippen molar-refractivity contribution in [1.29, 1.82) is 0 Å². The normalized spacial score (nSPS) is 21.0. The summed E-state index contributed by atoms with van der Waals surface area (Å²) in [5.41, 5.74) is 0. The van der Waals surface area contributed by atoms with Crippen LogP contribution in [-0.2, 0) is 0 Å². The monoisotopic (exact) mass is 133 g/mol. The van der Waals surface area contributed by atoms with Gasteiger partial charge in [0.25, 0.3) is 0 Å². The first-order chi connectivity index (χ1) is 3.50. The lowest BCUT2D eigenvalue weighted by molar-refractivity contribution is 0.702. The van der Waals surface area contributed by atoms with Crippen LogP contribution in [0.25, 0.3) is 0 Å². The third kappa shape index (κ3) is 3.33. The molecular formula is C6H15NS. The van der Waals surface area contributed by atoms with Crippen LogP contribution >= 0.6 is 13.5 Å². The van der Waals surface area contributed by atoms with Gasteiger partial charge in [0.1, 0.15) is 0 Å². The number of nitrogens with one attached hydrogen (secondary N) is 1. The Kier molecular flexibility index (Phi) is 5.66. The van der Waals surface area contributed by atoms with E-state index in [-0.39, 0.29) is 13.5 Å². The first-order valence-corrected chi connectivity index (χ1v) is 3.21. The molecule has 1 aliphatic heterocycles. The molecule has 1 rings (SSSR count). The maximum atomic E-state index is 3.35. The Bertz CT molecular complexity index is 28.1. The molecule has 0 aromatic carbocycles. The molecule has 8 heavy (non-hydrogen) atoms. The molecule has 0 aromatic heterocycles. The van der Waals surface area contributed by atoms with Crippen LogP contribution in [0.1, 0.15) is 25.7 Å². The summed E-state index contributed by atoms with van der Waals surface area (Å²) < 4.78 is 0. The zero-order valence-electron chi connectivity index (χ0n) is 5.24. The van der Waals surface area contributed by atoms with Crippen LogP contribution in [0.3, 0.4) is 0 Å². The topological polar surface area (TPSA) is 12.0 Å². The summed E-state index contributed by atoms with van der Waals surface area (Å²) in [6.07, 6.45) is 5.65. The predicted octanol–water partition coefficient (Wildman–Crippen LogP) is 1.26. The van der Waals surface area contributed by atoms with Crippen molar-refractivity contribution in [1.82, 2.24) is 5.32 Å². The predicted molar refractivity (Wildman–Crippen MR) is 41.7 cm³/mol. The molecule has 0 aliphatic carbocycles. The Morgan fingerprint density at radius 1 is 0.750 bits per heavy atom. The Hall–Kier alpha value is 0.310. The minimum atomic E-state index is 0. The summed E-state index contributed by atoms with van der Waals surface area (Å²) in [7, 11) is 0. The highest BCUT2D eigenvalue weighted by atomic mass is 32.1. The fraction of sp³-hybridized carbons (Fsp3) is 1.00. The van der Waals surface area contributed by atoms with Gasteiger partial charge in [-0.3, -0.25) is 0 Å². The van der Waals surface area contributed by atoms with Crippen LogP contribution in [0.15, 0.2) is 0 Å². The Balaban J connectivity index is 0.000000490. The summed E-state index contributed by atoms with van der Waals surface area (Å²) in [5.74, 6) is 0. The van der Waals surface area contributed by atoms with Crippen LogP contribution in [-0.4, -0.2) is 13.1 Å². The number of rotatable bonds is 0. The van der Waals surface area contributed by atoms with Crippen LogP contribution in [0.4, 0.5) is 0 Å². The Morgan fingerprint density at radius 3 is 1.75 bits per heavy atom. The number of hydrogen-bond donors (Lipinski definition) is 1. The van der Waals surface area contributed by atoms with E-state index >= 15 is 0 Å². The van der Waals surface area contributed by atoms with Gasteiger partial charge in [-0.05, 0) is 25.9 Å². The minimum absolute atomic E-state index is 0. The molecule has 1 nitrogen and oxygen atoms in total. The molecule has 0 aromatic rings. The van der Waals surface area contributed by atoms with Gasteiger partial charge in [0.05, 0.1) is 0 Å². The fourth-order valence-electron chi connectivity index (χ4n) is 0.979. The molecule has 1 aliphatic rings. The largest absolute Gasteiger partial charge is 0.317 e. The standard InChI is InChI=1S/C6H13N.H2S/c1-2-4-6-7-5-3-1;/h7H,1-6H2;1H2. The quantitative estimate of drug-likeness (QED) is 0.524. The molecule has 0 spiro atoms. The van der Waals surface area contributed by atoms with Gasteiger partial charge in [0, 0.05) is 0 Å². The van der Waals surface area contributed by atoms with Crippen molar-refractivity contribution in [2.45, 2.75) is 25.7 Å². The lowest BCUT2D eigenvalue weighted by Gasteiger charge is -1.91. The van der Waals surface area contributed by atoms with Gasteiger partial charge in [0.2, 0.25) is 0 Å². The molecule has 1 N–H and O–H groups in total. The second-order valence-electron chi connectivity index (χ2n) is 2.16. The van der Waals surface area contributed by atoms with Crippen LogP contribution < -0.4 is 5.32 Å². The summed E-state index contributed by atoms with van der Waals surface area (Å²) in [5, 5.41) is 3.35. The average molecular weight is 133 g/mol. The molecule has 0 atom stereocenters. The van der Waals surface area contributed by atoms with E-state index in [9.17, 15) is 0 Å². The molecule has 0 radical (unpaired) electrons. The van der Waals surface area contributed by atoms with Gasteiger partial charge in [0.15, 0.2) is 0 Å². The maximum Gasteiger partial charge on any atom is -0.00489 e. The Labute approximate surface area is 58.3 Å². The zero-order chi connectivity index (χ0) is 4.95. The van der Waals surface area contributed by atoms with E-state index in [4.69, 9.17) is 0 Å². The highest BCUT2D eigenvalue weighted by Crippen LogP contribution is 2.00. The highest BCUT2D eigenvalue weighted by Gasteiger charge is 1.94. The third-order valence-corrected chi connectivity index (χ3v) is 1.46. The van der Waals surface area contributed by atoms with Gasteiger partial charge in [-0.15, -0.1) is 0 Å². The zero-order valence-corrected chi connectivity index (χ0v) is 6.24. The van der Waals surface area contributed by atoms with Crippen molar-refractivity contribution in [2.24, 2.45) is 0 Å². The van der Waals surface area contributed by atoms with Crippen LogP contribution in [0.5, 0.6) is 0 Å². The van der Waals surface area contributed by atoms with Crippen molar-refractivity contribution in [3.63, 3.8) is 0 Å². The Morgan fingerprint density at radius 2 is 1.25 bits per heavy atom. The molecule has 1 heterocycles. The van der Waals surface area contributed by atoms with Gasteiger partial charge < -0.3 is 5.32 Å². The average Bonchev–Trinajstić information content (AvgIpc) is 1.90. The molecule has 1 saturated heterocycles. The lowest BCUT2D eigenvalue weighted by Crippen LogP contribution is -2.12. The smallest absolute Gasteiger partial charge is 0.00489 e. The molecule has 50 valence electrons. The van der Waals surface area contributed by atoms with Crippen molar-refractivity contribution in [2.75, 3.05) is 13.1 Å². The van der Waals surface area contributed by atoms with E-state index in [0.29, 0.717) is 0 Å². The molecule has 0 bridgehead atoms. The lowest BCUT2D eigenvalue weighted by atomic mass is 10.2. The maximum absolute atomic E-state index is 3.35. The molecular weight excluding hydrogens is 118 g/mol. The molecule has 0 amide bonds. The van der Waals surface area contributed by atoms with Gasteiger partial charge >= 0.3 is 0 Å². The fourth-order valence-corrected chi connectivity index (χ4v) is 0.979. The van der Waals surface area contributed by atoms with Crippen LogP contribution in [0.2, 0.25) is 0 Å². The summed E-state index contributed by atoms with van der Waals surface area (Å²) in [6.45, 7) is 2.50. The van der Waals surface area contributed by atoms with Crippen molar-refractivity contribution in [3.8, 4) is 0 Å². The van der Waals surface area contributed by atoms with E-state index in [2.05, 4.69) is 5.32 Å². The molecule has 1 fully saturated rings. The second-order valence-corrected chi connectivity index (χ2v) is 2.16. The highest BCUT2D eigenvalue weighted by molar-refractivity contribution is 7.59. The minimum Gasteiger partial charge on any atom is -0.317 e. The molecule has 0 saturated carbocycles. The summed E-state index contributed by atoms with van der Waals surface area (Å²) >= 11 is 0. The summed E-state index contributed by atoms with van der Waals surface area (Å²) in [4.78, 5) is 0. The van der Waals surface area contributed by atoms with E-state index in [1.807, 2.05) is 0 Å². The van der Waals surface area contributed by atoms with Crippen molar-refractivity contribution < 1.29 is 0 Å². The van der Waals surface area contributed by atoms with Crippen LogP contribution in [0, 0.1) is 0 Å². The first kappa shape index (κ1) is 8.31. The molecule has 2 heteroatoms. The van der Waals surface area contributed by atoms with E-state index in [0.717, 1.165) is 0 Å². The molecule has 0 unspecified atom stereocenters. The van der Waals surface area contributed by atoms with Gasteiger partial charge in [-0.25, -0.2) is 0 Å². The van der Waals surface area contributed by atoms with E-state index < -0.39 is 0 Å². The van der Waals surface area contributed by atoms with Gasteiger partial charge in [-0.2, -0.15) is 13.5 Å². The third-order valence-electron chi connectivity index (χ3n) is 1.46. The van der Waals surface area contributed by atoms with Crippen molar-refractivity contribution >= 4 is 13.5 Å². The first-order valence-electron chi connectivity index (χ1n) is 3.21. The van der Waals surface area contributed by atoms with E-state index in [1.165, 1.54) is 38.8 Å². The summed E-state index contributed by atoms with van der Waals surface area (Å²) in [6, 6.07) is 0. The van der Waals surface area contributed by atoms with E-state index in [1.54, 1.807) is 0 Å². The second kappa shape index (κ2) is 5.45. The van der Waals surface area contributed by atoms with Crippen molar-refractivity contribution in [3.05, 3.63) is 0 Å².